The number of nitrogens with one attached hydrogen (secondary N) is 1. The van der Waals surface area contributed by atoms with E-state index < -0.39 is 0 Å². The summed E-state index contributed by atoms with van der Waals surface area (Å²) in [5.74, 6) is 0.438. The number of benzene rings is 1. The van der Waals surface area contributed by atoms with Gasteiger partial charge >= 0.3 is 0 Å². The SMILES string of the molecule is CC(O)CC(C)CNCc1cccc(Cl)c1Cl. The molecule has 1 aromatic rings. The molecule has 0 heterocycles. The van der Waals surface area contributed by atoms with Gasteiger partial charge in [-0.2, -0.15) is 0 Å². The third-order valence-electron chi connectivity index (χ3n) is 2.58. The van der Waals surface area contributed by atoms with Gasteiger partial charge in [0.1, 0.15) is 0 Å². The first-order valence-corrected chi connectivity index (χ1v) is 6.58. The number of hydrogen-bond acceptors (Lipinski definition) is 2. The Kier molecular flexibility index (Phi) is 6.28. The van der Waals surface area contributed by atoms with Crippen molar-refractivity contribution in [2.75, 3.05) is 6.54 Å². The van der Waals surface area contributed by atoms with Gasteiger partial charge in [0.05, 0.1) is 16.1 Å². The zero-order valence-corrected chi connectivity index (χ0v) is 11.7. The Bertz CT molecular complexity index is 355. The van der Waals surface area contributed by atoms with Crippen LogP contribution in [0.1, 0.15) is 25.8 Å². The molecular weight excluding hydrogens is 257 g/mol. The van der Waals surface area contributed by atoms with Crippen molar-refractivity contribution in [1.29, 1.82) is 0 Å². The Labute approximate surface area is 113 Å². The number of aliphatic hydroxyl groups excluding tert-OH is 1. The van der Waals surface area contributed by atoms with E-state index in [0.717, 1.165) is 18.5 Å². The van der Waals surface area contributed by atoms with E-state index in [2.05, 4.69) is 12.2 Å². The van der Waals surface area contributed by atoms with Crippen LogP contribution in [-0.4, -0.2) is 17.8 Å². The van der Waals surface area contributed by atoms with Crippen LogP contribution < -0.4 is 5.32 Å². The summed E-state index contributed by atoms with van der Waals surface area (Å²) in [5, 5.41) is 13.8. The predicted molar refractivity (Wildman–Crippen MR) is 73.6 cm³/mol. The summed E-state index contributed by atoms with van der Waals surface area (Å²) in [6.45, 7) is 5.47. The molecule has 1 aromatic carbocycles. The number of halogens is 2. The number of rotatable bonds is 6. The smallest absolute Gasteiger partial charge is 0.0637 e. The maximum Gasteiger partial charge on any atom is 0.0637 e. The highest BCUT2D eigenvalue weighted by molar-refractivity contribution is 6.42. The minimum Gasteiger partial charge on any atom is -0.393 e. The van der Waals surface area contributed by atoms with Crippen LogP contribution in [-0.2, 0) is 6.54 Å². The molecule has 0 saturated carbocycles. The lowest BCUT2D eigenvalue weighted by Crippen LogP contribution is -2.23. The van der Waals surface area contributed by atoms with Crippen LogP contribution in [0.5, 0.6) is 0 Å². The zero-order valence-electron chi connectivity index (χ0n) is 10.2. The van der Waals surface area contributed by atoms with Crippen molar-refractivity contribution in [3.8, 4) is 0 Å². The average Bonchev–Trinajstić information content (AvgIpc) is 2.23. The minimum atomic E-state index is -0.249. The van der Waals surface area contributed by atoms with E-state index in [1.165, 1.54) is 0 Å². The summed E-state index contributed by atoms with van der Waals surface area (Å²) in [4.78, 5) is 0. The van der Waals surface area contributed by atoms with Crippen LogP contribution in [0.2, 0.25) is 10.0 Å². The lowest BCUT2D eigenvalue weighted by Gasteiger charge is -2.14. The molecule has 0 aliphatic heterocycles. The fourth-order valence-electron chi connectivity index (χ4n) is 1.80. The molecule has 4 heteroatoms. The fraction of sp³-hybridized carbons (Fsp3) is 0.538. The molecular formula is C13H19Cl2NO. The van der Waals surface area contributed by atoms with Crippen LogP contribution in [0.25, 0.3) is 0 Å². The molecule has 2 nitrogen and oxygen atoms in total. The van der Waals surface area contributed by atoms with Crippen molar-refractivity contribution in [2.24, 2.45) is 5.92 Å². The summed E-state index contributed by atoms with van der Waals surface area (Å²) in [6, 6.07) is 5.63. The van der Waals surface area contributed by atoms with Gasteiger partial charge in [-0.3, -0.25) is 0 Å². The van der Waals surface area contributed by atoms with E-state index in [0.29, 0.717) is 22.5 Å². The van der Waals surface area contributed by atoms with Crippen molar-refractivity contribution >= 4 is 23.2 Å². The first kappa shape index (κ1) is 14.8. The van der Waals surface area contributed by atoms with E-state index in [1.54, 1.807) is 6.07 Å². The first-order valence-electron chi connectivity index (χ1n) is 5.82. The second kappa shape index (κ2) is 7.22. The molecule has 0 aliphatic rings. The molecule has 1 rings (SSSR count). The number of aliphatic hydroxyl groups is 1. The van der Waals surface area contributed by atoms with Crippen LogP contribution in [0.3, 0.4) is 0 Å². The highest BCUT2D eigenvalue weighted by atomic mass is 35.5. The summed E-state index contributed by atoms with van der Waals surface area (Å²) in [7, 11) is 0. The van der Waals surface area contributed by atoms with Crippen LogP contribution >= 0.6 is 23.2 Å². The molecule has 17 heavy (non-hydrogen) atoms. The molecule has 0 fully saturated rings. The Morgan fingerprint density at radius 3 is 2.65 bits per heavy atom. The highest BCUT2D eigenvalue weighted by Gasteiger charge is 2.07. The maximum absolute atomic E-state index is 9.25. The Morgan fingerprint density at radius 1 is 1.29 bits per heavy atom. The summed E-state index contributed by atoms with van der Waals surface area (Å²) in [5.41, 5.74) is 1.00. The van der Waals surface area contributed by atoms with E-state index >= 15 is 0 Å². The summed E-state index contributed by atoms with van der Waals surface area (Å²) >= 11 is 12.0. The van der Waals surface area contributed by atoms with Crippen molar-refractivity contribution in [1.82, 2.24) is 5.32 Å². The standard InChI is InChI=1S/C13H19Cl2NO/c1-9(6-10(2)17)7-16-8-11-4-3-5-12(14)13(11)15/h3-5,9-10,16-17H,6-8H2,1-2H3. The monoisotopic (exact) mass is 275 g/mol. The molecule has 2 atom stereocenters. The minimum absolute atomic E-state index is 0.249. The lowest BCUT2D eigenvalue weighted by molar-refractivity contribution is 0.163. The molecule has 2 N–H and O–H groups in total. The van der Waals surface area contributed by atoms with Gasteiger partial charge < -0.3 is 10.4 Å². The molecule has 0 amide bonds. The van der Waals surface area contributed by atoms with Gasteiger partial charge in [-0.1, -0.05) is 42.3 Å². The maximum atomic E-state index is 9.25. The zero-order chi connectivity index (χ0) is 12.8. The van der Waals surface area contributed by atoms with Crippen LogP contribution in [0.15, 0.2) is 18.2 Å². The molecule has 0 aliphatic carbocycles. The summed E-state index contributed by atoms with van der Waals surface area (Å²) < 4.78 is 0. The van der Waals surface area contributed by atoms with Gasteiger partial charge in [0, 0.05) is 6.54 Å². The first-order chi connectivity index (χ1) is 8.00. The summed E-state index contributed by atoms with van der Waals surface area (Å²) in [6.07, 6.45) is 0.553. The molecule has 2 unspecified atom stereocenters. The topological polar surface area (TPSA) is 32.3 Å². The van der Waals surface area contributed by atoms with Gasteiger partial charge in [0.2, 0.25) is 0 Å². The van der Waals surface area contributed by atoms with Crippen LogP contribution in [0, 0.1) is 5.92 Å². The third kappa shape index (κ3) is 5.26. The van der Waals surface area contributed by atoms with E-state index in [1.807, 2.05) is 19.1 Å². The number of hydrogen-bond donors (Lipinski definition) is 2. The normalized spacial score (nSPS) is 14.6. The quantitative estimate of drug-likeness (QED) is 0.833. The Hall–Kier alpha value is -0.280. The third-order valence-corrected chi connectivity index (χ3v) is 3.44. The highest BCUT2D eigenvalue weighted by Crippen LogP contribution is 2.25. The molecule has 0 aromatic heterocycles. The van der Waals surface area contributed by atoms with E-state index in [-0.39, 0.29) is 6.10 Å². The lowest BCUT2D eigenvalue weighted by atomic mass is 10.0. The second-order valence-electron chi connectivity index (χ2n) is 4.53. The van der Waals surface area contributed by atoms with E-state index in [4.69, 9.17) is 23.2 Å². The van der Waals surface area contributed by atoms with Crippen molar-refractivity contribution < 1.29 is 5.11 Å². The fourth-order valence-corrected chi connectivity index (χ4v) is 2.19. The van der Waals surface area contributed by atoms with Gasteiger partial charge in [-0.25, -0.2) is 0 Å². The van der Waals surface area contributed by atoms with Gasteiger partial charge in [0.15, 0.2) is 0 Å². The molecule has 96 valence electrons. The Balaban J connectivity index is 2.38. The largest absolute Gasteiger partial charge is 0.393 e. The molecule has 0 saturated heterocycles. The van der Waals surface area contributed by atoms with Crippen molar-refractivity contribution in [3.05, 3.63) is 33.8 Å². The van der Waals surface area contributed by atoms with E-state index in [9.17, 15) is 5.11 Å². The van der Waals surface area contributed by atoms with Crippen molar-refractivity contribution in [3.63, 3.8) is 0 Å². The second-order valence-corrected chi connectivity index (χ2v) is 5.32. The average molecular weight is 276 g/mol. The van der Waals surface area contributed by atoms with Gasteiger partial charge in [-0.05, 0) is 37.4 Å². The van der Waals surface area contributed by atoms with Crippen LogP contribution in [0.4, 0.5) is 0 Å². The predicted octanol–water partition coefficient (Wildman–Crippen LogP) is 3.49. The Morgan fingerprint density at radius 2 is 2.00 bits per heavy atom. The van der Waals surface area contributed by atoms with Gasteiger partial charge in [0.25, 0.3) is 0 Å². The molecule has 0 bridgehead atoms. The van der Waals surface area contributed by atoms with Crippen molar-refractivity contribution in [2.45, 2.75) is 32.9 Å². The molecule has 0 spiro atoms. The molecule has 0 radical (unpaired) electrons. The van der Waals surface area contributed by atoms with Gasteiger partial charge in [-0.15, -0.1) is 0 Å².